The fourth-order valence-corrected chi connectivity index (χ4v) is 0.744. The van der Waals surface area contributed by atoms with Crippen molar-refractivity contribution in [2.75, 3.05) is 0 Å². The van der Waals surface area contributed by atoms with E-state index in [9.17, 15) is 0 Å². The molecule has 0 spiro atoms. The summed E-state index contributed by atoms with van der Waals surface area (Å²) in [5.41, 5.74) is 3.08. The first-order valence-corrected chi connectivity index (χ1v) is 3.66. The van der Waals surface area contributed by atoms with Gasteiger partial charge < -0.3 is 0 Å². The van der Waals surface area contributed by atoms with Crippen LogP contribution in [0, 0.1) is 6.92 Å². The molecule has 1 rings (SSSR count). The van der Waals surface area contributed by atoms with E-state index in [1.807, 2.05) is 26.8 Å². The zero-order valence-corrected chi connectivity index (χ0v) is 7.13. The third kappa shape index (κ3) is 1.87. The molecule has 0 aliphatic heterocycles. The highest BCUT2D eigenvalue weighted by Gasteiger charge is 1.94. The van der Waals surface area contributed by atoms with Crippen LogP contribution in [0.5, 0.6) is 0 Å². The van der Waals surface area contributed by atoms with Crippen LogP contribution in [0.2, 0.25) is 0 Å². The Kier molecular flexibility index (Phi) is 2.36. The lowest BCUT2D eigenvalue weighted by Crippen LogP contribution is -1.89. The Labute approximate surface area is 67.0 Å². The van der Waals surface area contributed by atoms with Gasteiger partial charge in [0.05, 0.1) is 17.6 Å². The number of rotatable bonds is 1. The SMILES string of the molecule is C/C=C(/C)c1cnc(C)cn1. The van der Waals surface area contributed by atoms with Crippen molar-refractivity contribution in [2.24, 2.45) is 0 Å². The monoisotopic (exact) mass is 148 g/mol. The van der Waals surface area contributed by atoms with E-state index in [2.05, 4.69) is 9.97 Å². The summed E-state index contributed by atoms with van der Waals surface area (Å²) in [5, 5.41) is 0. The van der Waals surface area contributed by atoms with Gasteiger partial charge in [0.25, 0.3) is 0 Å². The van der Waals surface area contributed by atoms with Crippen molar-refractivity contribution in [1.29, 1.82) is 0 Å². The lowest BCUT2D eigenvalue weighted by atomic mass is 10.2. The van der Waals surface area contributed by atoms with E-state index in [1.165, 1.54) is 0 Å². The summed E-state index contributed by atoms with van der Waals surface area (Å²) in [7, 11) is 0. The van der Waals surface area contributed by atoms with Gasteiger partial charge in [0, 0.05) is 6.20 Å². The van der Waals surface area contributed by atoms with Crippen molar-refractivity contribution >= 4 is 5.57 Å². The molecule has 0 radical (unpaired) electrons. The molecule has 0 saturated heterocycles. The molecule has 1 aromatic heterocycles. The van der Waals surface area contributed by atoms with Gasteiger partial charge in [0.2, 0.25) is 0 Å². The van der Waals surface area contributed by atoms with Crippen molar-refractivity contribution < 1.29 is 0 Å². The first kappa shape index (κ1) is 7.92. The third-order valence-electron chi connectivity index (χ3n) is 1.62. The van der Waals surface area contributed by atoms with Crippen LogP contribution in [0.25, 0.3) is 5.57 Å². The molecule has 0 fully saturated rings. The van der Waals surface area contributed by atoms with Gasteiger partial charge in [-0.05, 0) is 26.3 Å². The van der Waals surface area contributed by atoms with Crippen molar-refractivity contribution in [3.8, 4) is 0 Å². The molecular formula is C9H12N2. The molecule has 11 heavy (non-hydrogen) atoms. The second-order valence-corrected chi connectivity index (χ2v) is 2.51. The molecule has 0 aliphatic rings. The molecule has 0 atom stereocenters. The van der Waals surface area contributed by atoms with E-state index in [0.29, 0.717) is 0 Å². The first-order chi connectivity index (χ1) is 5.24. The summed E-state index contributed by atoms with van der Waals surface area (Å²) in [6, 6.07) is 0. The largest absolute Gasteiger partial charge is 0.258 e. The molecule has 0 amide bonds. The molecule has 0 unspecified atom stereocenters. The van der Waals surface area contributed by atoms with E-state index in [4.69, 9.17) is 0 Å². The van der Waals surface area contributed by atoms with Crippen molar-refractivity contribution in [3.05, 3.63) is 29.9 Å². The average molecular weight is 148 g/mol. The highest BCUT2D eigenvalue weighted by Crippen LogP contribution is 2.07. The summed E-state index contributed by atoms with van der Waals surface area (Å²) in [5.74, 6) is 0. The van der Waals surface area contributed by atoms with Crippen molar-refractivity contribution in [3.63, 3.8) is 0 Å². The highest BCUT2D eigenvalue weighted by atomic mass is 14.8. The van der Waals surface area contributed by atoms with Gasteiger partial charge in [-0.15, -0.1) is 0 Å². The molecular weight excluding hydrogens is 136 g/mol. The van der Waals surface area contributed by atoms with Crippen LogP contribution in [0.15, 0.2) is 18.5 Å². The molecule has 0 bridgehead atoms. The third-order valence-corrected chi connectivity index (χ3v) is 1.62. The molecule has 0 N–H and O–H groups in total. The number of hydrogen-bond donors (Lipinski definition) is 0. The van der Waals surface area contributed by atoms with E-state index >= 15 is 0 Å². The van der Waals surface area contributed by atoms with E-state index in [-0.39, 0.29) is 0 Å². The fraction of sp³-hybridized carbons (Fsp3) is 0.333. The maximum absolute atomic E-state index is 4.22. The topological polar surface area (TPSA) is 25.8 Å². The van der Waals surface area contributed by atoms with Gasteiger partial charge in [0.15, 0.2) is 0 Å². The number of allylic oxidation sites excluding steroid dienone is 2. The molecule has 1 aromatic rings. The van der Waals surface area contributed by atoms with E-state index in [1.54, 1.807) is 12.4 Å². The smallest absolute Gasteiger partial charge is 0.0838 e. The van der Waals surface area contributed by atoms with Crippen LogP contribution in [0.3, 0.4) is 0 Å². The summed E-state index contributed by atoms with van der Waals surface area (Å²) < 4.78 is 0. The van der Waals surface area contributed by atoms with Crippen molar-refractivity contribution in [1.82, 2.24) is 9.97 Å². The van der Waals surface area contributed by atoms with Gasteiger partial charge in [-0.1, -0.05) is 6.08 Å². The Balaban J connectivity index is 2.99. The summed E-state index contributed by atoms with van der Waals surface area (Å²) >= 11 is 0. The average Bonchev–Trinajstić information content (AvgIpc) is 2.05. The normalized spacial score (nSPS) is 11.7. The lowest BCUT2D eigenvalue weighted by molar-refractivity contribution is 1.09. The number of aryl methyl sites for hydroxylation is 1. The minimum absolute atomic E-state index is 0.956. The molecule has 58 valence electrons. The van der Waals surface area contributed by atoms with Crippen LogP contribution in [0.4, 0.5) is 0 Å². The highest BCUT2D eigenvalue weighted by molar-refractivity contribution is 5.58. The van der Waals surface area contributed by atoms with Crippen LogP contribution in [0.1, 0.15) is 25.2 Å². The lowest BCUT2D eigenvalue weighted by Gasteiger charge is -1.97. The zero-order valence-electron chi connectivity index (χ0n) is 7.13. The van der Waals surface area contributed by atoms with Gasteiger partial charge in [-0.3, -0.25) is 9.97 Å². The summed E-state index contributed by atoms with van der Waals surface area (Å²) in [6.45, 7) is 5.96. The predicted octanol–water partition coefficient (Wildman–Crippen LogP) is 2.21. The summed E-state index contributed by atoms with van der Waals surface area (Å²) in [4.78, 5) is 8.36. The first-order valence-electron chi connectivity index (χ1n) is 3.66. The van der Waals surface area contributed by atoms with Crippen LogP contribution in [-0.2, 0) is 0 Å². The van der Waals surface area contributed by atoms with Gasteiger partial charge in [-0.25, -0.2) is 0 Å². The minimum atomic E-state index is 0.956. The molecule has 2 heteroatoms. The van der Waals surface area contributed by atoms with Gasteiger partial charge in [0.1, 0.15) is 0 Å². The standard InChI is InChI=1S/C9H12N2/c1-4-7(2)9-6-10-8(3)5-11-9/h4-6H,1-3H3/b7-4-. The van der Waals surface area contributed by atoms with Gasteiger partial charge in [-0.2, -0.15) is 0 Å². The molecule has 1 heterocycles. The molecule has 0 aliphatic carbocycles. The zero-order chi connectivity index (χ0) is 8.27. The molecule has 2 nitrogen and oxygen atoms in total. The second kappa shape index (κ2) is 3.28. The molecule has 0 aromatic carbocycles. The Morgan fingerprint density at radius 1 is 1.36 bits per heavy atom. The van der Waals surface area contributed by atoms with Gasteiger partial charge >= 0.3 is 0 Å². The Morgan fingerprint density at radius 3 is 2.55 bits per heavy atom. The van der Waals surface area contributed by atoms with E-state index in [0.717, 1.165) is 17.0 Å². The van der Waals surface area contributed by atoms with Crippen LogP contribution < -0.4 is 0 Å². The van der Waals surface area contributed by atoms with E-state index < -0.39 is 0 Å². The van der Waals surface area contributed by atoms with Crippen LogP contribution >= 0.6 is 0 Å². The quantitative estimate of drug-likeness (QED) is 0.610. The van der Waals surface area contributed by atoms with Crippen molar-refractivity contribution in [2.45, 2.75) is 20.8 Å². The minimum Gasteiger partial charge on any atom is -0.258 e. The number of nitrogens with zero attached hydrogens (tertiary/aromatic N) is 2. The Hall–Kier alpha value is -1.18. The fourth-order valence-electron chi connectivity index (χ4n) is 0.744. The summed E-state index contributed by atoms with van der Waals surface area (Å²) in [6.07, 6.45) is 5.60. The molecule has 0 saturated carbocycles. The Morgan fingerprint density at radius 2 is 2.09 bits per heavy atom. The maximum Gasteiger partial charge on any atom is 0.0838 e. The van der Waals surface area contributed by atoms with Crippen LogP contribution in [-0.4, -0.2) is 9.97 Å². The maximum atomic E-state index is 4.22. The predicted molar refractivity (Wildman–Crippen MR) is 46.1 cm³/mol. The number of aromatic nitrogens is 2. The number of hydrogen-bond acceptors (Lipinski definition) is 2. The second-order valence-electron chi connectivity index (χ2n) is 2.51. The Bertz CT molecular complexity index is 259.